The summed E-state index contributed by atoms with van der Waals surface area (Å²) < 4.78 is 5.29. The maximum absolute atomic E-state index is 5.29. The number of aromatic nitrogens is 3. The molecule has 6 heteroatoms. The highest BCUT2D eigenvalue weighted by atomic mass is 32.1. The van der Waals surface area contributed by atoms with Crippen molar-refractivity contribution in [1.29, 1.82) is 0 Å². The van der Waals surface area contributed by atoms with Crippen molar-refractivity contribution in [2.24, 2.45) is 0 Å². The largest absolute Gasteiger partial charge is 0.338 e. The summed E-state index contributed by atoms with van der Waals surface area (Å²) in [5, 5.41) is 10.5. The van der Waals surface area contributed by atoms with Crippen molar-refractivity contribution < 1.29 is 4.52 Å². The highest BCUT2D eigenvalue weighted by Crippen LogP contribution is 2.22. The van der Waals surface area contributed by atoms with Crippen LogP contribution in [0.1, 0.15) is 68.1 Å². The molecule has 2 aromatic heterocycles. The van der Waals surface area contributed by atoms with Gasteiger partial charge in [-0.05, 0) is 20.8 Å². The minimum atomic E-state index is 0.0132. The Kier molecular flexibility index (Phi) is 4.31. The van der Waals surface area contributed by atoms with E-state index < -0.39 is 0 Å². The molecule has 1 N–H and O–H groups in total. The van der Waals surface area contributed by atoms with Gasteiger partial charge in [0, 0.05) is 17.0 Å². The zero-order chi connectivity index (χ0) is 14.0. The second-order valence-corrected chi connectivity index (χ2v) is 5.97. The molecule has 0 unspecified atom stereocenters. The van der Waals surface area contributed by atoms with E-state index in [1.54, 1.807) is 11.3 Å². The van der Waals surface area contributed by atoms with Gasteiger partial charge in [-0.25, -0.2) is 4.98 Å². The van der Waals surface area contributed by atoms with Crippen LogP contribution in [0.25, 0.3) is 0 Å². The van der Waals surface area contributed by atoms with Crippen molar-refractivity contribution in [2.75, 3.05) is 0 Å². The summed E-state index contributed by atoms with van der Waals surface area (Å²) in [4.78, 5) is 8.88. The third kappa shape index (κ3) is 3.39. The fraction of sp³-hybridized carbons (Fsp3) is 0.615. The van der Waals surface area contributed by atoms with Crippen LogP contribution < -0.4 is 5.32 Å². The van der Waals surface area contributed by atoms with E-state index in [4.69, 9.17) is 4.52 Å². The number of rotatable bonds is 5. The van der Waals surface area contributed by atoms with Crippen LogP contribution in [0.15, 0.2) is 9.90 Å². The molecule has 2 rings (SSSR count). The Morgan fingerprint density at radius 2 is 1.89 bits per heavy atom. The van der Waals surface area contributed by atoms with Crippen molar-refractivity contribution in [3.63, 3.8) is 0 Å². The minimum Gasteiger partial charge on any atom is -0.338 e. The molecule has 0 aromatic carbocycles. The molecule has 2 heterocycles. The number of thiazole rings is 1. The molecule has 0 saturated heterocycles. The van der Waals surface area contributed by atoms with E-state index in [9.17, 15) is 0 Å². The van der Waals surface area contributed by atoms with E-state index in [0.29, 0.717) is 5.89 Å². The highest BCUT2D eigenvalue weighted by Gasteiger charge is 2.19. The van der Waals surface area contributed by atoms with Gasteiger partial charge in [-0.1, -0.05) is 19.0 Å². The van der Waals surface area contributed by atoms with Crippen molar-refractivity contribution >= 4 is 11.3 Å². The summed E-state index contributed by atoms with van der Waals surface area (Å²) in [6.07, 6.45) is 0. The second-order valence-electron chi connectivity index (χ2n) is 5.08. The van der Waals surface area contributed by atoms with E-state index in [0.717, 1.165) is 16.5 Å². The molecule has 0 radical (unpaired) electrons. The first kappa shape index (κ1) is 14.1. The topological polar surface area (TPSA) is 63.8 Å². The van der Waals surface area contributed by atoms with Gasteiger partial charge in [0.1, 0.15) is 5.01 Å². The molecule has 0 spiro atoms. The fourth-order valence-corrected chi connectivity index (χ4v) is 2.56. The molecular formula is C13H20N4OS. The summed E-state index contributed by atoms with van der Waals surface area (Å²) >= 11 is 1.66. The second kappa shape index (κ2) is 5.79. The average Bonchev–Trinajstić information content (AvgIpc) is 2.96. The molecule has 0 aliphatic carbocycles. The first-order chi connectivity index (χ1) is 8.97. The average molecular weight is 280 g/mol. The van der Waals surface area contributed by atoms with Gasteiger partial charge in [-0.2, -0.15) is 4.98 Å². The molecular weight excluding hydrogens is 260 g/mol. The Morgan fingerprint density at radius 1 is 1.16 bits per heavy atom. The molecule has 0 fully saturated rings. The molecule has 0 amide bonds. The minimum absolute atomic E-state index is 0.0132. The van der Waals surface area contributed by atoms with E-state index >= 15 is 0 Å². The van der Waals surface area contributed by atoms with Gasteiger partial charge in [0.15, 0.2) is 5.82 Å². The predicted octanol–water partition coefficient (Wildman–Crippen LogP) is 3.37. The van der Waals surface area contributed by atoms with Crippen LogP contribution in [0.4, 0.5) is 0 Å². The van der Waals surface area contributed by atoms with Gasteiger partial charge < -0.3 is 4.52 Å². The lowest BCUT2D eigenvalue weighted by Gasteiger charge is -2.14. The molecule has 2 atom stereocenters. The number of hydrogen-bond donors (Lipinski definition) is 1. The first-order valence-corrected chi connectivity index (χ1v) is 7.37. The molecule has 0 bridgehead atoms. The predicted molar refractivity (Wildman–Crippen MR) is 75.2 cm³/mol. The molecule has 0 saturated carbocycles. The molecule has 19 heavy (non-hydrogen) atoms. The lowest BCUT2D eigenvalue weighted by atomic mass is 10.2. The standard InChI is InChI=1S/C13H20N4OS/c1-7(2)11-16-12(18-17-11)9(4)15-10(5)13-14-8(3)6-19-13/h6-7,9-10,15H,1-5H3/t9-,10+/m0/s1. The van der Waals surface area contributed by atoms with E-state index in [1.807, 2.05) is 27.7 Å². The summed E-state index contributed by atoms with van der Waals surface area (Å²) in [6, 6.07) is 0.183. The quantitative estimate of drug-likeness (QED) is 0.909. The van der Waals surface area contributed by atoms with Crippen molar-refractivity contribution in [2.45, 2.75) is 52.6 Å². The molecule has 104 valence electrons. The van der Waals surface area contributed by atoms with Crippen LogP contribution in [-0.4, -0.2) is 15.1 Å². The molecule has 0 aliphatic rings. The zero-order valence-corrected chi connectivity index (χ0v) is 12.8. The van der Waals surface area contributed by atoms with E-state index in [2.05, 4.69) is 32.7 Å². The van der Waals surface area contributed by atoms with Crippen LogP contribution in [0.3, 0.4) is 0 Å². The lowest BCUT2D eigenvalue weighted by molar-refractivity contribution is 0.324. The van der Waals surface area contributed by atoms with Crippen LogP contribution >= 0.6 is 11.3 Å². The summed E-state index contributed by atoms with van der Waals surface area (Å²) in [5.41, 5.74) is 1.06. The molecule has 5 nitrogen and oxygen atoms in total. The van der Waals surface area contributed by atoms with Gasteiger partial charge in [0.2, 0.25) is 5.89 Å². The van der Waals surface area contributed by atoms with Crippen molar-refractivity contribution in [3.05, 3.63) is 27.8 Å². The van der Waals surface area contributed by atoms with Gasteiger partial charge in [0.25, 0.3) is 0 Å². The Hall–Kier alpha value is -1.27. The van der Waals surface area contributed by atoms with Gasteiger partial charge in [0.05, 0.1) is 12.1 Å². The Labute approximate surface area is 117 Å². The Morgan fingerprint density at radius 3 is 2.42 bits per heavy atom. The van der Waals surface area contributed by atoms with E-state index in [1.165, 1.54) is 0 Å². The normalized spacial score (nSPS) is 14.8. The van der Waals surface area contributed by atoms with Crippen LogP contribution in [-0.2, 0) is 0 Å². The monoisotopic (exact) mass is 280 g/mol. The smallest absolute Gasteiger partial charge is 0.243 e. The van der Waals surface area contributed by atoms with Gasteiger partial charge in [-0.15, -0.1) is 11.3 Å². The van der Waals surface area contributed by atoms with Crippen LogP contribution in [0.5, 0.6) is 0 Å². The zero-order valence-electron chi connectivity index (χ0n) is 12.0. The van der Waals surface area contributed by atoms with Gasteiger partial charge in [-0.3, -0.25) is 5.32 Å². The third-order valence-corrected chi connectivity index (χ3v) is 4.00. The van der Waals surface area contributed by atoms with Gasteiger partial charge >= 0.3 is 0 Å². The fourth-order valence-electron chi connectivity index (χ4n) is 1.75. The molecule has 0 aliphatic heterocycles. The van der Waals surface area contributed by atoms with Crippen molar-refractivity contribution in [1.82, 2.24) is 20.4 Å². The molecule has 2 aromatic rings. The lowest BCUT2D eigenvalue weighted by Crippen LogP contribution is -2.22. The SMILES string of the molecule is Cc1csc([C@@H](C)N[C@@H](C)c2nc(C(C)C)no2)n1. The Balaban J connectivity index is 2.01. The summed E-state index contributed by atoms with van der Waals surface area (Å²) in [7, 11) is 0. The maximum Gasteiger partial charge on any atom is 0.243 e. The third-order valence-electron chi connectivity index (χ3n) is 2.85. The van der Waals surface area contributed by atoms with E-state index in [-0.39, 0.29) is 18.0 Å². The number of nitrogens with one attached hydrogen (secondary N) is 1. The van der Waals surface area contributed by atoms with Crippen LogP contribution in [0, 0.1) is 6.92 Å². The summed E-state index contributed by atoms with van der Waals surface area (Å²) in [6.45, 7) is 10.2. The highest BCUT2D eigenvalue weighted by molar-refractivity contribution is 7.09. The van der Waals surface area contributed by atoms with Crippen molar-refractivity contribution in [3.8, 4) is 0 Å². The first-order valence-electron chi connectivity index (χ1n) is 6.49. The number of hydrogen-bond acceptors (Lipinski definition) is 6. The Bertz CT molecular complexity index is 534. The van der Waals surface area contributed by atoms with Crippen LogP contribution in [0.2, 0.25) is 0 Å². The number of nitrogens with zero attached hydrogens (tertiary/aromatic N) is 3. The maximum atomic E-state index is 5.29. The summed E-state index contributed by atoms with van der Waals surface area (Å²) in [5.74, 6) is 1.66. The number of aryl methyl sites for hydroxylation is 1.